The summed E-state index contributed by atoms with van der Waals surface area (Å²) in [5, 5.41) is 0. The van der Waals surface area contributed by atoms with Gasteiger partial charge in [-0.3, -0.25) is 0 Å². The second-order valence-electron chi connectivity index (χ2n) is 5.38. The molecule has 0 bridgehead atoms. The summed E-state index contributed by atoms with van der Waals surface area (Å²) in [4.78, 5) is 0. The van der Waals surface area contributed by atoms with Crippen LogP contribution in [0.3, 0.4) is 0 Å². The van der Waals surface area contributed by atoms with Crippen LogP contribution in [0.2, 0.25) is 0 Å². The van der Waals surface area contributed by atoms with Gasteiger partial charge in [0.05, 0.1) is 0 Å². The zero-order valence-corrected chi connectivity index (χ0v) is 8.83. The summed E-state index contributed by atoms with van der Waals surface area (Å²) in [6.07, 6.45) is 4.97. The van der Waals surface area contributed by atoms with Crippen molar-refractivity contribution in [2.75, 3.05) is 0 Å². The Balaban J connectivity index is 2.70. The SMILES string of the molecule is CC1(C)C#CCC(C)(C)CCC1. The van der Waals surface area contributed by atoms with E-state index in [9.17, 15) is 0 Å². The first-order valence-electron chi connectivity index (χ1n) is 4.91. The molecular formula is C12H20. The lowest BCUT2D eigenvalue weighted by molar-refractivity contribution is 0.298. The van der Waals surface area contributed by atoms with Crippen molar-refractivity contribution in [3.63, 3.8) is 0 Å². The third kappa shape index (κ3) is 2.89. The van der Waals surface area contributed by atoms with Crippen LogP contribution in [-0.4, -0.2) is 0 Å². The molecule has 0 amide bonds. The summed E-state index contributed by atoms with van der Waals surface area (Å²) in [7, 11) is 0. The zero-order valence-electron chi connectivity index (χ0n) is 8.83. The molecular weight excluding hydrogens is 144 g/mol. The van der Waals surface area contributed by atoms with Gasteiger partial charge < -0.3 is 0 Å². The van der Waals surface area contributed by atoms with E-state index < -0.39 is 0 Å². The molecule has 0 aromatic carbocycles. The van der Waals surface area contributed by atoms with E-state index in [4.69, 9.17) is 0 Å². The van der Waals surface area contributed by atoms with Crippen LogP contribution < -0.4 is 0 Å². The molecule has 1 aliphatic rings. The van der Waals surface area contributed by atoms with Crippen LogP contribution in [0.25, 0.3) is 0 Å². The van der Waals surface area contributed by atoms with Crippen LogP contribution in [0.1, 0.15) is 53.4 Å². The van der Waals surface area contributed by atoms with Gasteiger partial charge in [0, 0.05) is 11.8 Å². The minimum absolute atomic E-state index is 0.260. The monoisotopic (exact) mass is 164 g/mol. The van der Waals surface area contributed by atoms with E-state index in [-0.39, 0.29) is 5.41 Å². The lowest BCUT2D eigenvalue weighted by Crippen LogP contribution is -2.16. The highest BCUT2D eigenvalue weighted by molar-refractivity contribution is 5.11. The number of hydrogen-bond acceptors (Lipinski definition) is 0. The Morgan fingerprint density at radius 2 is 1.67 bits per heavy atom. The molecule has 1 aliphatic carbocycles. The Morgan fingerprint density at radius 3 is 2.33 bits per heavy atom. The van der Waals surface area contributed by atoms with Crippen LogP contribution in [0.4, 0.5) is 0 Å². The predicted molar refractivity (Wildman–Crippen MR) is 53.8 cm³/mol. The minimum atomic E-state index is 0.260. The van der Waals surface area contributed by atoms with Gasteiger partial charge in [-0.05, 0) is 32.1 Å². The van der Waals surface area contributed by atoms with E-state index in [0.717, 1.165) is 6.42 Å². The molecule has 0 radical (unpaired) electrons. The first-order chi connectivity index (χ1) is 5.41. The largest absolute Gasteiger partial charge is 0.102 e. The summed E-state index contributed by atoms with van der Waals surface area (Å²) < 4.78 is 0. The highest BCUT2D eigenvalue weighted by Gasteiger charge is 2.22. The minimum Gasteiger partial charge on any atom is -0.102 e. The second-order valence-corrected chi connectivity index (χ2v) is 5.38. The smallest absolute Gasteiger partial charge is 0.0258 e. The highest BCUT2D eigenvalue weighted by Crippen LogP contribution is 2.33. The van der Waals surface area contributed by atoms with E-state index in [1.165, 1.54) is 19.3 Å². The Morgan fingerprint density at radius 1 is 1.00 bits per heavy atom. The molecule has 0 N–H and O–H groups in total. The van der Waals surface area contributed by atoms with Gasteiger partial charge in [-0.25, -0.2) is 0 Å². The standard InChI is InChI=1S/C12H20/c1-11(2)7-5-9-12(3,4)10-6-8-11/h5,7-9H2,1-4H3. The Labute approximate surface area is 76.7 Å². The first-order valence-corrected chi connectivity index (χ1v) is 4.91. The molecule has 0 heteroatoms. The van der Waals surface area contributed by atoms with Gasteiger partial charge >= 0.3 is 0 Å². The summed E-state index contributed by atoms with van der Waals surface area (Å²) in [5.74, 6) is 6.68. The van der Waals surface area contributed by atoms with E-state index in [1.54, 1.807) is 0 Å². The van der Waals surface area contributed by atoms with Crippen LogP contribution in [0.5, 0.6) is 0 Å². The summed E-state index contributed by atoms with van der Waals surface area (Å²) in [5.41, 5.74) is 0.708. The molecule has 0 aromatic heterocycles. The molecule has 0 saturated carbocycles. The molecule has 0 nitrogen and oxygen atoms in total. The van der Waals surface area contributed by atoms with Gasteiger partial charge in [0.25, 0.3) is 0 Å². The molecule has 0 fully saturated rings. The normalized spacial score (nSPS) is 26.3. The molecule has 0 aromatic rings. The quantitative estimate of drug-likeness (QED) is 0.480. The molecule has 12 heavy (non-hydrogen) atoms. The van der Waals surface area contributed by atoms with Gasteiger partial charge in [0.1, 0.15) is 0 Å². The van der Waals surface area contributed by atoms with Crippen LogP contribution in [0, 0.1) is 22.7 Å². The summed E-state index contributed by atoms with van der Waals surface area (Å²) >= 11 is 0. The fourth-order valence-electron chi connectivity index (χ4n) is 1.68. The molecule has 0 saturated heterocycles. The van der Waals surface area contributed by atoms with Crippen molar-refractivity contribution in [2.24, 2.45) is 10.8 Å². The van der Waals surface area contributed by atoms with Crippen molar-refractivity contribution in [2.45, 2.75) is 53.4 Å². The average molecular weight is 164 g/mol. The van der Waals surface area contributed by atoms with Gasteiger partial charge in [-0.2, -0.15) is 0 Å². The van der Waals surface area contributed by atoms with Gasteiger partial charge in [0.15, 0.2) is 0 Å². The maximum Gasteiger partial charge on any atom is 0.0258 e. The van der Waals surface area contributed by atoms with E-state index in [0.29, 0.717) is 5.41 Å². The van der Waals surface area contributed by atoms with E-state index >= 15 is 0 Å². The molecule has 0 unspecified atom stereocenters. The van der Waals surface area contributed by atoms with Crippen LogP contribution in [-0.2, 0) is 0 Å². The van der Waals surface area contributed by atoms with Crippen molar-refractivity contribution >= 4 is 0 Å². The fraction of sp³-hybridized carbons (Fsp3) is 0.833. The predicted octanol–water partition coefficient (Wildman–Crippen LogP) is 3.62. The summed E-state index contributed by atoms with van der Waals surface area (Å²) in [6, 6.07) is 0. The molecule has 0 spiro atoms. The second kappa shape index (κ2) is 3.13. The summed E-state index contributed by atoms with van der Waals surface area (Å²) in [6.45, 7) is 9.14. The van der Waals surface area contributed by atoms with Crippen LogP contribution in [0.15, 0.2) is 0 Å². The highest BCUT2D eigenvalue weighted by atomic mass is 14.3. The molecule has 0 heterocycles. The maximum absolute atomic E-state index is 3.37. The van der Waals surface area contributed by atoms with Gasteiger partial charge in [0.2, 0.25) is 0 Å². The van der Waals surface area contributed by atoms with Crippen molar-refractivity contribution in [3.8, 4) is 11.8 Å². The van der Waals surface area contributed by atoms with Crippen molar-refractivity contribution in [1.29, 1.82) is 0 Å². The Bertz CT molecular complexity index is 210. The van der Waals surface area contributed by atoms with Crippen molar-refractivity contribution < 1.29 is 0 Å². The number of rotatable bonds is 0. The lowest BCUT2D eigenvalue weighted by atomic mass is 9.77. The molecule has 0 atom stereocenters. The van der Waals surface area contributed by atoms with Crippen molar-refractivity contribution in [3.05, 3.63) is 0 Å². The van der Waals surface area contributed by atoms with Gasteiger partial charge in [-0.15, -0.1) is 5.92 Å². The van der Waals surface area contributed by atoms with E-state index in [1.807, 2.05) is 0 Å². The van der Waals surface area contributed by atoms with Crippen molar-refractivity contribution in [1.82, 2.24) is 0 Å². The Kier molecular flexibility index (Phi) is 2.52. The molecule has 0 aliphatic heterocycles. The fourth-order valence-corrected chi connectivity index (χ4v) is 1.68. The van der Waals surface area contributed by atoms with Gasteiger partial charge in [-0.1, -0.05) is 26.2 Å². The molecule has 68 valence electrons. The number of hydrogen-bond donors (Lipinski definition) is 0. The van der Waals surface area contributed by atoms with Crippen LogP contribution >= 0.6 is 0 Å². The average Bonchev–Trinajstić information content (AvgIpc) is 1.82. The third-order valence-electron chi connectivity index (χ3n) is 2.65. The third-order valence-corrected chi connectivity index (χ3v) is 2.65. The maximum atomic E-state index is 3.37. The Hall–Kier alpha value is -0.440. The topological polar surface area (TPSA) is 0 Å². The lowest BCUT2D eigenvalue weighted by Gasteiger charge is -2.27. The first kappa shape index (κ1) is 9.65. The zero-order chi connectivity index (χ0) is 9.24. The van der Waals surface area contributed by atoms with E-state index in [2.05, 4.69) is 39.5 Å². The molecule has 1 rings (SSSR count).